The standard InChI is InChI=1S/C11H11Cl2NO/c1-3-4-15-11-8(7-14-2)5-9(12)6-10(11)13/h1,5-6,14H,4,7H2,2H3. The lowest BCUT2D eigenvalue weighted by Crippen LogP contribution is -2.08. The summed E-state index contributed by atoms with van der Waals surface area (Å²) in [7, 11) is 1.83. The zero-order valence-corrected chi connectivity index (χ0v) is 9.82. The molecular formula is C11H11Cl2NO. The first kappa shape index (κ1) is 12.2. The number of hydrogen-bond acceptors (Lipinski definition) is 2. The molecule has 1 rings (SSSR count). The number of benzene rings is 1. The Balaban J connectivity index is 3.04. The Morgan fingerprint density at radius 1 is 1.47 bits per heavy atom. The van der Waals surface area contributed by atoms with Crippen molar-refractivity contribution in [1.82, 2.24) is 5.32 Å². The van der Waals surface area contributed by atoms with Crippen LogP contribution in [-0.2, 0) is 6.54 Å². The van der Waals surface area contributed by atoms with Crippen LogP contribution in [0.25, 0.3) is 0 Å². The summed E-state index contributed by atoms with van der Waals surface area (Å²) in [5.74, 6) is 2.98. The summed E-state index contributed by atoms with van der Waals surface area (Å²) < 4.78 is 5.36. The van der Waals surface area contributed by atoms with Gasteiger partial charge in [-0.15, -0.1) is 6.42 Å². The smallest absolute Gasteiger partial charge is 0.148 e. The Morgan fingerprint density at radius 3 is 2.80 bits per heavy atom. The maximum atomic E-state index is 6.00. The number of rotatable bonds is 4. The van der Waals surface area contributed by atoms with E-state index in [1.165, 1.54) is 0 Å². The molecule has 0 aliphatic carbocycles. The number of halogens is 2. The van der Waals surface area contributed by atoms with Crippen LogP contribution in [0, 0.1) is 12.3 Å². The summed E-state index contributed by atoms with van der Waals surface area (Å²) in [4.78, 5) is 0. The highest BCUT2D eigenvalue weighted by Gasteiger charge is 2.09. The average Bonchev–Trinajstić information content (AvgIpc) is 2.17. The lowest BCUT2D eigenvalue weighted by atomic mass is 10.2. The second kappa shape index (κ2) is 5.87. The second-order valence-electron chi connectivity index (χ2n) is 2.90. The minimum atomic E-state index is 0.193. The van der Waals surface area contributed by atoms with E-state index in [1.54, 1.807) is 12.1 Å². The van der Waals surface area contributed by atoms with Crippen molar-refractivity contribution in [2.45, 2.75) is 6.54 Å². The minimum absolute atomic E-state index is 0.193. The first-order chi connectivity index (χ1) is 7.19. The van der Waals surface area contributed by atoms with Gasteiger partial charge in [0, 0.05) is 17.1 Å². The van der Waals surface area contributed by atoms with Gasteiger partial charge in [0.25, 0.3) is 0 Å². The zero-order valence-electron chi connectivity index (χ0n) is 8.31. The molecule has 0 spiro atoms. The van der Waals surface area contributed by atoms with Gasteiger partial charge in [0.05, 0.1) is 5.02 Å². The van der Waals surface area contributed by atoms with Crippen molar-refractivity contribution >= 4 is 23.2 Å². The third kappa shape index (κ3) is 3.32. The second-order valence-corrected chi connectivity index (χ2v) is 3.74. The normalized spacial score (nSPS) is 9.73. The molecule has 1 aromatic carbocycles. The average molecular weight is 244 g/mol. The van der Waals surface area contributed by atoms with Crippen LogP contribution in [0.2, 0.25) is 10.0 Å². The van der Waals surface area contributed by atoms with E-state index >= 15 is 0 Å². The monoisotopic (exact) mass is 243 g/mol. The van der Waals surface area contributed by atoms with Crippen LogP contribution >= 0.6 is 23.2 Å². The van der Waals surface area contributed by atoms with Crippen LogP contribution in [0.5, 0.6) is 5.75 Å². The quantitative estimate of drug-likeness (QED) is 0.822. The molecule has 2 nitrogen and oxygen atoms in total. The van der Waals surface area contributed by atoms with Crippen molar-refractivity contribution in [2.75, 3.05) is 13.7 Å². The van der Waals surface area contributed by atoms with Gasteiger partial charge in [-0.3, -0.25) is 0 Å². The number of ether oxygens (including phenoxy) is 1. The Morgan fingerprint density at radius 2 is 2.20 bits per heavy atom. The van der Waals surface area contributed by atoms with Crippen molar-refractivity contribution in [3.63, 3.8) is 0 Å². The van der Waals surface area contributed by atoms with Gasteiger partial charge in [-0.2, -0.15) is 0 Å². The van der Waals surface area contributed by atoms with Gasteiger partial charge >= 0.3 is 0 Å². The summed E-state index contributed by atoms with van der Waals surface area (Å²) >= 11 is 11.9. The van der Waals surface area contributed by atoms with Crippen LogP contribution in [0.15, 0.2) is 12.1 Å². The molecule has 0 fully saturated rings. The molecule has 1 aromatic rings. The van der Waals surface area contributed by atoms with E-state index in [0.717, 1.165) is 5.56 Å². The van der Waals surface area contributed by atoms with E-state index in [1.807, 2.05) is 7.05 Å². The molecule has 0 bridgehead atoms. The molecule has 15 heavy (non-hydrogen) atoms. The molecule has 0 radical (unpaired) electrons. The van der Waals surface area contributed by atoms with Crippen LogP contribution in [0.1, 0.15) is 5.56 Å². The van der Waals surface area contributed by atoms with Crippen molar-refractivity contribution in [1.29, 1.82) is 0 Å². The largest absolute Gasteiger partial charge is 0.479 e. The Kier molecular flexibility index (Phi) is 4.77. The van der Waals surface area contributed by atoms with Crippen molar-refractivity contribution < 1.29 is 4.74 Å². The molecular weight excluding hydrogens is 233 g/mol. The van der Waals surface area contributed by atoms with E-state index < -0.39 is 0 Å². The molecule has 4 heteroatoms. The van der Waals surface area contributed by atoms with Gasteiger partial charge in [0.1, 0.15) is 12.4 Å². The fourth-order valence-corrected chi connectivity index (χ4v) is 1.80. The number of nitrogens with one attached hydrogen (secondary N) is 1. The summed E-state index contributed by atoms with van der Waals surface area (Å²) in [6.07, 6.45) is 5.12. The van der Waals surface area contributed by atoms with Crippen molar-refractivity contribution in [3.8, 4) is 18.1 Å². The summed E-state index contributed by atoms with van der Waals surface area (Å²) in [5.41, 5.74) is 0.894. The first-order valence-corrected chi connectivity index (χ1v) is 5.13. The lowest BCUT2D eigenvalue weighted by Gasteiger charge is -2.11. The maximum absolute atomic E-state index is 6.00. The number of hydrogen-bond donors (Lipinski definition) is 1. The molecule has 0 unspecified atom stereocenters. The van der Waals surface area contributed by atoms with E-state index in [2.05, 4.69) is 11.2 Å². The van der Waals surface area contributed by atoms with Crippen molar-refractivity contribution in [3.05, 3.63) is 27.7 Å². The molecule has 0 atom stereocenters. The zero-order chi connectivity index (χ0) is 11.3. The predicted molar refractivity (Wildman–Crippen MR) is 63.6 cm³/mol. The molecule has 0 saturated carbocycles. The summed E-state index contributed by atoms with van der Waals surface area (Å²) in [5, 5.41) is 4.06. The Hall–Kier alpha value is -0.880. The topological polar surface area (TPSA) is 21.3 Å². The van der Waals surface area contributed by atoms with Crippen LogP contribution in [0.3, 0.4) is 0 Å². The van der Waals surface area contributed by atoms with Crippen molar-refractivity contribution in [2.24, 2.45) is 0 Å². The van der Waals surface area contributed by atoms with Gasteiger partial charge in [-0.25, -0.2) is 0 Å². The molecule has 0 aromatic heterocycles. The van der Waals surface area contributed by atoms with Gasteiger partial charge in [0.15, 0.2) is 0 Å². The fourth-order valence-electron chi connectivity index (χ4n) is 1.21. The molecule has 0 aliphatic rings. The fraction of sp³-hybridized carbons (Fsp3) is 0.273. The summed E-state index contributed by atoms with van der Waals surface area (Å²) in [6.45, 7) is 0.818. The Labute approximate surface area is 99.5 Å². The van der Waals surface area contributed by atoms with E-state index in [-0.39, 0.29) is 6.61 Å². The highest BCUT2D eigenvalue weighted by Crippen LogP contribution is 2.32. The predicted octanol–water partition coefficient (Wildman–Crippen LogP) is 2.72. The molecule has 0 aliphatic heterocycles. The maximum Gasteiger partial charge on any atom is 0.148 e. The Bertz CT molecular complexity index is 385. The molecule has 0 saturated heterocycles. The molecule has 0 heterocycles. The SMILES string of the molecule is C#CCOc1c(Cl)cc(Cl)cc1CNC. The third-order valence-electron chi connectivity index (χ3n) is 1.75. The van der Waals surface area contributed by atoms with Gasteiger partial charge < -0.3 is 10.1 Å². The lowest BCUT2D eigenvalue weighted by molar-refractivity contribution is 0.365. The van der Waals surface area contributed by atoms with Gasteiger partial charge in [-0.1, -0.05) is 29.1 Å². The molecule has 80 valence electrons. The molecule has 1 N–H and O–H groups in total. The van der Waals surface area contributed by atoms with Gasteiger partial charge in [-0.05, 0) is 19.2 Å². The van der Waals surface area contributed by atoms with E-state index in [9.17, 15) is 0 Å². The minimum Gasteiger partial charge on any atom is -0.479 e. The first-order valence-electron chi connectivity index (χ1n) is 4.37. The highest BCUT2D eigenvalue weighted by atomic mass is 35.5. The number of terminal acetylenes is 1. The molecule has 0 amide bonds. The highest BCUT2D eigenvalue weighted by molar-refractivity contribution is 6.35. The van der Waals surface area contributed by atoms with Gasteiger partial charge in [0.2, 0.25) is 0 Å². The van der Waals surface area contributed by atoms with E-state index in [4.69, 9.17) is 34.4 Å². The van der Waals surface area contributed by atoms with Crippen LogP contribution < -0.4 is 10.1 Å². The van der Waals surface area contributed by atoms with Crippen LogP contribution in [-0.4, -0.2) is 13.7 Å². The summed E-state index contributed by atoms with van der Waals surface area (Å²) in [6, 6.07) is 3.43. The van der Waals surface area contributed by atoms with Crippen LogP contribution in [0.4, 0.5) is 0 Å². The van der Waals surface area contributed by atoms with E-state index in [0.29, 0.717) is 22.3 Å². The third-order valence-corrected chi connectivity index (χ3v) is 2.25.